The van der Waals surface area contributed by atoms with E-state index in [1.807, 2.05) is 0 Å². The van der Waals surface area contributed by atoms with E-state index in [1.165, 1.54) is 13.1 Å². The topological polar surface area (TPSA) is 39.2 Å². The fourth-order valence-electron chi connectivity index (χ4n) is 0.761. The lowest BCUT2D eigenvalue weighted by atomic mass is 10.3. The second kappa shape index (κ2) is 3.67. The van der Waals surface area contributed by atoms with Gasteiger partial charge in [0.25, 0.3) is 0 Å². The lowest BCUT2D eigenvalue weighted by Gasteiger charge is -2.02. The Labute approximate surface area is 78.9 Å². The Morgan fingerprint density at radius 3 is 2.75 bits per heavy atom. The molecule has 12 heavy (non-hydrogen) atoms. The Kier molecular flexibility index (Phi) is 2.81. The van der Waals surface area contributed by atoms with Crippen LogP contribution in [0.15, 0.2) is 16.7 Å². The summed E-state index contributed by atoms with van der Waals surface area (Å²) in [6, 6.07) is 1.64. The number of hydrogen-bond acceptors (Lipinski definition) is 3. The summed E-state index contributed by atoms with van der Waals surface area (Å²) in [4.78, 5) is 14.8. The van der Waals surface area contributed by atoms with Crippen LogP contribution in [0.3, 0.4) is 0 Å². The normalized spacial score (nSPS) is 9.58. The maximum Gasteiger partial charge on any atom is 0.178 e. The second-order valence-corrected chi connectivity index (χ2v) is 3.11. The van der Waals surface area contributed by atoms with Gasteiger partial charge in [-0.3, -0.25) is 4.79 Å². The summed E-state index contributed by atoms with van der Waals surface area (Å²) in [6.45, 7) is 1.47. The van der Waals surface area contributed by atoms with Gasteiger partial charge in [0.15, 0.2) is 11.5 Å². The van der Waals surface area contributed by atoms with Crippen LogP contribution in [0.25, 0.3) is 0 Å². The SMILES string of the molecule is COc1cnc(C(C)=O)cc1Br. The summed E-state index contributed by atoms with van der Waals surface area (Å²) in [6.07, 6.45) is 1.51. The van der Waals surface area contributed by atoms with E-state index in [9.17, 15) is 4.79 Å². The number of carbonyl (C=O) groups excluding carboxylic acids is 1. The number of methoxy groups -OCH3 is 1. The number of carbonyl (C=O) groups is 1. The predicted octanol–water partition coefficient (Wildman–Crippen LogP) is 2.06. The van der Waals surface area contributed by atoms with Crippen molar-refractivity contribution in [3.63, 3.8) is 0 Å². The Balaban J connectivity index is 3.10. The van der Waals surface area contributed by atoms with E-state index in [0.29, 0.717) is 11.4 Å². The molecule has 1 heterocycles. The molecule has 0 radical (unpaired) electrons. The van der Waals surface area contributed by atoms with Gasteiger partial charge in [0.1, 0.15) is 5.69 Å². The Bertz CT molecular complexity index is 312. The standard InChI is InChI=1S/C8H8BrNO2/c1-5(11)7-3-6(9)8(12-2)4-10-7/h3-4H,1-2H3. The average molecular weight is 230 g/mol. The molecule has 0 saturated heterocycles. The number of ether oxygens (including phenoxy) is 1. The van der Waals surface area contributed by atoms with Crippen LogP contribution in [0.2, 0.25) is 0 Å². The molecule has 1 rings (SSSR count). The number of nitrogens with zero attached hydrogens (tertiary/aromatic N) is 1. The minimum atomic E-state index is -0.0571. The Morgan fingerprint density at radius 2 is 2.33 bits per heavy atom. The zero-order valence-corrected chi connectivity index (χ0v) is 8.38. The highest BCUT2D eigenvalue weighted by Crippen LogP contribution is 2.23. The van der Waals surface area contributed by atoms with Crippen LogP contribution in [-0.4, -0.2) is 17.9 Å². The maximum absolute atomic E-state index is 10.9. The summed E-state index contributed by atoms with van der Waals surface area (Å²) >= 11 is 3.26. The smallest absolute Gasteiger partial charge is 0.178 e. The van der Waals surface area contributed by atoms with Crippen molar-refractivity contribution in [2.45, 2.75) is 6.92 Å². The van der Waals surface area contributed by atoms with E-state index in [1.54, 1.807) is 13.2 Å². The number of aromatic nitrogens is 1. The van der Waals surface area contributed by atoms with Crippen LogP contribution >= 0.6 is 15.9 Å². The van der Waals surface area contributed by atoms with E-state index < -0.39 is 0 Å². The van der Waals surface area contributed by atoms with Gasteiger partial charge in [0.05, 0.1) is 17.8 Å². The minimum Gasteiger partial charge on any atom is -0.494 e. The molecule has 4 heteroatoms. The highest BCUT2D eigenvalue weighted by molar-refractivity contribution is 9.10. The molecule has 0 unspecified atom stereocenters. The quantitative estimate of drug-likeness (QED) is 0.730. The molecule has 0 aromatic carbocycles. The van der Waals surface area contributed by atoms with Crippen molar-refractivity contribution < 1.29 is 9.53 Å². The molecule has 0 amide bonds. The van der Waals surface area contributed by atoms with Gasteiger partial charge in [-0.05, 0) is 22.0 Å². The molecule has 0 N–H and O–H groups in total. The molecule has 0 aliphatic heterocycles. The largest absolute Gasteiger partial charge is 0.494 e. The lowest BCUT2D eigenvalue weighted by molar-refractivity contribution is 0.101. The first kappa shape index (κ1) is 9.19. The number of halogens is 1. The van der Waals surface area contributed by atoms with Crippen LogP contribution in [0.4, 0.5) is 0 Å². The molecule has 3 nitrogen and oxygen atoms in total. The molecule has 0 saturated carbocycles. The van der Waals surface area contributed by atoms with E-state index in [-0.39, 0.29) is 5.78 Å². The summed E-state index contributed by atoms with van der Waals surface area (Å²) in [7, 11) is 1.55. The third kappa shape index (κ3) is 1.82. The van der Waals surface area contributed by atoms with Crippen molar-refractivity contribution in [3.05, 3.63) is 22.4 Å². The number of hydrogen-bond donors (Lipinski definition) is 0. The van der Waals surface area contributed by atoms with Gasteiger partial charge < -0.3 is 4.74 Å². The van der Waals surface area contributed by atoms with Gasteiger partial charge in [-0.15, -0.1) is 0 Å². The molecule has 0 bridgehead atoms. The first-order chi connectivity index (χ1) is 5.65. The Morgan fingerprint density at radius 1 is 1.67 bits per heavy atom. The van der Waals surface area contributed by atoms with Crippen molar-refractivity contribution in [1.82, 2.24) is 4.98 Å². The van der Waals surface area contributed by atoms with Gasteiger partial charge in [0, 0.05) is 6.92 Å². The maximum atomic E-state index is 10.9. The fraction of sp³-hybridized carbons (Fsp3) is 0.250. The zero-order chi connectivity index (χ0) is 9.14. The third-order valence-corrected chi connectivity index (χ3v) is 2.02. The molecule has 0 spiro atoms. The van der Waals surface area contributed by atoms with Gasteiger partial charge in [-0.1, -0.05) is 0 Å². The number of pyridine rings is 1. The summed E-state index contributed by atoms with van der Waals surface area (Å²) in [5.74, 6) is 0.568. The van der Waals surface area contributed by atoms with Crippen LogP contribution in [0, 0.1) is 0 Å². The van der Waals surface area contributed by atoms with Crippen molar-refractivity contribution in [2.75, 3.05) is 7.11 Å². The van der Waals surface area contributed by atoms with E-state index >= 15 is 0 Å². The van der Waals surface area contributed by atoms with E-state index in [4.69, 9.17) is 4.74 Å². The number of Topliss-reactive ketones (excluding diaryl/α,β-unsaturated/α-hetero) is 1. The third-order valence-electron chi connectivity index (χ3n) is 1.40. The van der Waals surface area contributed by atoms with Gasteiger partial charge in [0.2, 0.25) is 0 Å². The monoisotopic (exact) mass is 229 g/mol. The van der Waals surface area contributed by atoms with Crippen LogP contribution < -0.4 is 4.74 Å². The van der Waals surface area contributed by atoms with Crippen molar-refractivity contribution >= 4 is 21.7 Å². The minimum absolute atomic E-state index is 0.0571. The van der Waals surface area contributed by atoms with Crippen LogP contribution in [-0.2, 0) is 0 Å². The molecule has 0 atom stereocenters. The van der Waals surface area contributed by atoms with Crippen LogP contribution in [0.1, 0.15) is 17.4 Å². The van der Waals surface area contributed by atoms with E-state index in [0.717, 1.165) is 4.47 Å². The Hall–Kier alpha value is -0.900. The summed E-state index contributed by atoms with van der Waals surface area (Å²) < 4.78 is 5.70. The van der Waals surface area contributed by atoms with E-state index in [2.05, 4.69) is 20.9 Å². The molecule has 1 aromatic heterocycles. The summed E-state index contributed by atoms with van der Waals surface area (Å²) in [5.41, 5.74) is 0.433. The summed E-state index contributed by atoms with van der Waals surface area (Å²) in [5, 5.41) is 0. The highest BCUT2D eigenvalue weighted by Gasteiger charge is 2.05. The highest BCUT2D eigenvalue weighted by atomic mass is 79.9. The lowest BCUT2D eigenvalue weighted by Crippen LogP contribution is -1.97. The fourth-order valence-corrected chi connectivity index (χ4v) is 1.24. The second-order valence-electron chi connectivity index (χ2n) is 2.26. The number of ketones is 1. The average Bonchev–Trinajstić information content (AvgIpc) is 2.04. The van der Waals surface area contributed by atoms with Gasteiger partial charge in [-0.2, -0.15) is 0 Å². The molecule has 64 valence electrons. The molecular formula is C8H8BrNO2. The number of rotatable bonds is 2. The van der Waals surface area contributed by atoms with Gasteiger partial charge in [-0.25, -0.2) is 4.98 Å². The molecular weight excluding hydrogens is 222 g/mol. The predicted molar refractivity (Wildman–Crippen MR) is 48.5 cm³/mol. The van der Waals surface area contributed by atoms with Crippen molar-refractivity contribution in [2.24, 2.45) is 0 Å². The zero-order valence-electron chi connectivity index (χ0n) is 6.80. The first-order valence-corrected chi connectivity index (χ1v) is 4.15. The molecule has 0 fully saturated rings. The van der Waals surface area contributed by atoms with Crippen LogP contribution in [0.5, 0.6) is 5.75 Å². The van der Waals surface area contributed by atoms with Gasteiger partial charge >= 0.3 is 0 Å². The molecule has 1 aromatic rings. The first-order valence-electron chi connectivity index (χ1n) is 3.35. The molecule has 0 aliphatic rings. The molecule has 0 aliphatic carbocycles. The van der Waals surface area contributed by atoms with Crippen molar-refractivity contribution in [3.8, 4) is 5.75 Å². The van der Waals surface area contributed by atoms with Crippen molar-refractivity contribution in [1.29, 1.82) is 0 Å².